The summed E-state index contributed by atoms with van der Waals surface area (Å²) in [5.74, 6) is 0. The van der Waals surface area contributed by atoms with Crippen molar-refractivity contribution in [1.82, 2.24) is 0 Å². The smallest absolute Gasteiger partial charge is 0.436 e. The lowest BCUT2D eigenvalue weighted by Gasteiger charge is -2.48. The van der Waals surface area contributed by atoms with Crippen LogP contribution < -0.4 is 0 Å². The molecule has 0 rings (SSSR count). The van der Waals surface area contributed by atoms with Crippen LogP contribution >= 0.6 is 0 Å². The predicted octanol–water partition coefficient (Wildman–Crippen LogP) is 5.77. The van der Waals surface area contributed by atoms with Crippen molar-refractivity contribution in [2.45, 2.75) is 98.6 Å². The maximum absolute atomic E-state index is 7.03. The van der Waals surface area contributed by atoms with Crippen LogP contribution in [-0.2, 0) is 34.8 Å². The fourth-order valence-corrected chi connectivity index (χ4v) is 28.5. The van der Waals surface area contributed by atoms with E-state index in [1.807, 2.05) is 41.5 Å². The van der Waals surface area contributed by atoms with Gasteiger partial charge in [-0.3, -0.25) is 0 Å². The van der Waals surface area contributed by atoms with Crippen molar-refractivity contribution in [3.63, 3.8) is 0 Å². The van der Waals surface area contributed by atoms with Gasteiger partial charge in [-0.05, 0) is 87.4 Å². The van der Waals surface area contributed by atoms with Crippen molar-refractivity contribution < 1.29 is 34.8 Å². The Bertz CT molecular complexity index is 506. The molecule has 0 saturated carbocycles. The Kier molecular flexibility index (Phi) is 15.6. The molecule has 0 fully saturated rings. The number of hydrogen-bond acceptors (Lipinski definition) is 8. The molecule has 1 unspecified atom stereocenters. The molecule has 0 aromatic carbocycles. The third kappa shape index (κ3) is 11.4. The Labute approximate surface area is 215 Å². The number of hydrogen-bond donors (Lipinski definition) is 0. The molecular weight excluding hydrogens is 521 g/mol. The van der Waals surface area contributed by atoms with Crippen molar-refractivity contribution in [3.8, 4) is 0 Å². The zero-order valence-corrected chi connectivity index (χ0v) is 29.3. The highest BCUT2D eigenvalue weighted by Crippen LogP contribution is 2.45. The molecule has 0 radical (unpaired) electrons. The van der Waals surface area contributed by atoms with Crippen molar-refractivity contribution >= 4 is 42.8 Å². The molecule has 206 valence electrons. The minimum absolute atomic E-state index is 0.269. The SMILES string of the molecule is CCO[Si](CC([Si](C)(O[Si](C)(C)C)O[Si](C)(C)C)[Si](OCC)(OCC)OCC)(OCC)OCC. The lowest BCUT2D eigenvalue weighted by atomic mass is 10.9. The molecular formula is C21H54O8Si5. The van der Waals surface area contributed by atoms with E-state index < -0.39 is 42.8 Å². The van der Waals surface area contributed by atoms with Crippen LogP contribution in [0.15, 0.2) is 0 Å². The minimum atomic E-state index is -3.31. The van der Waals surface area contributed by atoms with E-state index in [9.17, 15) is 0 Å². The summed E-state index contributed by atoms with van der Waals surface area (Å²) in [5, 5.41) is -0.269. The van der Waals surface area contributed by atoms with Gasteiger partial charge in [-0.15, -0.1) is 0 Å². The molecule has 0 aromatic heterocycles. The fraction of sp³-hybridized carbons (Fsp3) is 1.00. The largest absolute Gasteiger partial charge is 0.506 e. The van der Waals surface area contributed by atoms with Crippen LogP contribution in [0.25, 0.3) is 0 Å². The highest BCUT2D eigenvalue weighted by molar-refractivity contribution is 6.95. The van der Waals surface area contributed by atoms with Gasteiger partial charge >= 0.3 is 26.2 Å². The van der Waals surface area contributed by atoms with Gasteiger partial charge in [0.25, 0.3) is 0 Å². The second-order valence-corrected chi connectivity index (χ2v) is 28.9. The van der Waals surface area contributed by atoms with Crippen LogP contribution in [0.5, 0.6) is 0 Å². The average Bonchev–Trinajstić information content (AvgIpc) is 2.64. The predicted molar refractivity (Wildman–Crippen MR) is 150 cm³/mol. The number of rotatable bonds is 20. The van der Waals surface area contributed by atoms with Crippen LogP contribution in [-0.4, -0.2) is 82.4 Å². The van der Waals surface area contributed by atoms with E-state index in [-0.39, 0.29) is 5.16 Å². The standard InChI is InChI=1S/C21H54O8Si5/c1-14-22-33(23-15-2,24-16-3)20-21(34(25-17-4,26-18-5)27-19-6)32(13,28-30(7,8)9)29-31(10,11)12/h21H,14-20H2,1-13H3. The zero-order valence-electron chi connectivity index (χ0n) is 24.3. The molecule has 0 aliphatic rings. The topological polar surface area (TPSA) is 73.8 Å². The summed E-state index contributed by atoms with van der Waals surface area (Å²) in [7, 11) is -13.5. The van der Waals surface area contributed by atoms with E-state index in [2.05, 4.69) is 45.8 Å². The van der Waals surface area contributed by atoms with Crippen molar-refractivity contribution in [2.24, 2.45) is 0 Å². The molecule has 13 heteroatoms. The second-order valence-electron chi connectivity index (χ2n) is 10.1. The third-order valence-electron chi connectivity index (χ3n) is 4.66. The molecule has 0 aromatic rings. The van der Waals surface area contributed by atoms with Gasteiger partial charge in [0, 0.05) is 45.7 Å². The Balaban J connectivity index is 7.14. The van der Waals surface area contributed by atoms with Gasteiger partial charge < -0.3 is 34.8 Å². The average molecular weight is 575 g/mol. The summed E-state index contributed by atoms with van der Waals surface area (Å²) in [6, 6.07) is 0.479. The summed E-state index contributed by atoms with van der Waals surface area (Å²) in [6.07, 6.45) is 0. The molecule has 0 spiro atoms. The highest BCUT2D eigenvalue weighted by Gasteiger charge is 2.66. The lowest BCUT2D eigenvalue weighted by molar-refractivity contribution is 0.0517. The van der Waals surface area contributed by atoms with Crippen LogP contribution in [0.3, 0.4) is 0 Å². The quantitative estimate of drug-likeness (QED) is 0.170. The Morgan fingerprint density at radius 1 is 0.471 bits per heavy atom. The Morgan fingerprint density at radius 3 is 1.00 bits per heavy atom. The van der Waals surface area contributed by atoms with E-state index in [1.54, 1.807) is 0 Å². The van der Waals surface area contributed by atoms with Crippen LogP contribution in [0.2, 0.25) is 57.0 Å². The van der Waals surface area contributed by atoms with Crippen molar-refractivity contribution in [1.29, 1.82) is 0 Å². The normalized spacial score (nSPS) is 15.1. The highest BCUT2D eigenvalue weighted by atomic mass is 28.5. The second kappa shape index (κ2) is 15.2. The van der Waals surface area contributed by atoms with Gasteiger partial charge in [0.05, 0.1) is 5.16 Å². The van der Waals surface area contributed by atoms with Crippen molar-refractivity contribution in [3.05, 3.63) is 0 Å². The maximum atomic E-state index is 7.03. The van der Waals surface area contributed by atoms with Gasteiger partial charge in [-0.2, -0.15) is 0 Å². The summed E-state index contributed by atoms with van der Waals surface area (Å²) in [6.45, 7) is 30.1. The first kappa shape index (κ1) is 34.8. The molecule has 0 bridgehead atoms. The fourth-order valence-electron chi connectivity index (χ4n) is 4.25. The van der Waals surface area contributed by atoms with E-state index in [1.165, 1.54) is 0 Å². The first-order chi connectivity index (χ1) is 15.6. The minimum Gasteiger partial charge on any atom is -0.436 e. The molecule has 1 atom stereocenters. The van der Waals surface area contributed by atoms with Gasteiger partial charge in [0.15, 0.2) is 16.6 Å². The van der Waals surface area contributed by atoms with E-state index in [0.29, 0.717) is 45.7 Å². The zero-order chi connectivity index (χ0) is 26.7. The van der Waals surface area contributed by atoms with E-state index in [0.717, 1.165) is 0 Å². The molecule has 8 nitrogen and oxygen atoms in total. The summed E-state index contributed by atoms with van der Waals surface area (Å²) >= 11 is 0. The van der Waals surface area contributed by atoms with Crippen LogP contribution in [0.1, 0.15) is 41.5 Å². The van der Waals surface area contributed by atoms with Gasteiger partial charge in [-0.25, -0.2) is 0 Å². The molecule has 0 aliphatic carbocycles. The molecule has 0 saturated heterocycles. The molecule has 0 amide bonds. The maximum Gasteiger partial charge on any atom is 0.506 e. The Hall–Kier alpha value is 0.764. The molecule has 0 N–H and O–H groups in total. The first-order valence-corrected chi connectivity index (χ1v) is 25.8. The third-order valence-corrected chi connectivity index (χ3v) is 23.9. The van der Waals surface area contributed by atoms with Crippen molar-refractivity contribution in [2.75, 3.05) is 39.6 Å². The molecule has 0 aliphatic heterocycles. The first-order valence-electron chi connectivity index (χ1n) is 12.9. The van der Waals surface area contributed by atoms with E-state index in [4.69, 9.17) is 34.8 Å². The summed E-state index contributed by atoms with van der Waals surface area (Å²) < 4.78 is 52.4. The Morgan fingerprint density at radius 2 is 0.765 bits per heavy atom. The summed E-state index contributed by atoms with van der Waals surface area (Å²) in [4.78, 5) is 0. The van der Waals surface area contributed by atoms with Gasteiger partial charge in [0.1, 0.15) is 0 Å². The van der Waals surface area contributed by atoms with E-state index >= 15 is 0 Å². The summed E-state index contributed by atoms with van der Waals surface area (Å²) in [5.41, 5.74) is 0. The van der Waals surface area contributed by atoms with Gasteiger partial charge in [0.2, 0.25) is 0 Å². The molecule has 34 heavy (non-hydrogen) atoms. The van der Waals surface area contributed by atoms with Gasteiger partial charge in [-0.1, -0.05) is 0 Å². The van der Waals surface area contributed by atoms with Crippen LogP contribution in [0.4, 0.5) is 0 Å². The monoisotopic (exact) mass is 574 g/mol. The van der Waals surface area contributed by atoms with Crippen LogP contribution in [0, 0.1) is 0 Å². The molecule has 0 heterocycles. The lowest BCUT2D eigenvalue weighted by Crippen LogP contribution is -2.67.